The van der Waals surface area contributed by atoms with Crippen molar-refractivity contribution in [2.75, 3.05) is 6.54 Å². The van der Waals surface area contributed by atoms with Gasteiger partial charge >= 0.3 is 12.0 Å². The number of carboxylic acid groups (broad SMARTS) is 1. The molecular formula is C12H23N3O4. The quantitative estimate of drug-likeness (QED) is 0.435. The average Bonchev–Trinajstić information content (AvgIpc) is 2.33. The molecule has 110 valence electrons. The zero-order chi connectivity index (χ0) is 14.7. The van der Waals surface area contributed by atoms with Crippen LogP contribution in [0.5, 0.6) is 0 Å². The van der Waals surface area contributed by atoms with Gasteiger partial charge in [0.25, 0.3) is 0 Å². The van der Waals surface area contributed by atoms with Gasteiger partial charge in [-0.15, -0.1) is 0 Å². The third-order valence-electron chi connectivity index (χ3n) is 2.60. The SMILES string of the molecule is CCCCCCNC(=O)N[C@H](CCC(N)=O)C(=O)O. The van der Waals surface area contributed by atoms with Gasteiger partial charge in [-0.25, -0.2) is 9.59 Å². The Bertz CT molecular complexity index is 307. The molecule has 0 aromatic heterocycles. The molecule has 0 aromatic carbocycles. The Labute approximate surface area is 112 Å². The number of rotatable bonds is 10. The highest BCUT2D eigenvalue weighted by Gasteiger charge is 2.20. The summed E-state index contributed by atoms with van der Waals surface area (Å²) in [6, 6.07) is -1.63. The Morgan fingerprint density at radius 2 is 1.89 bits per heavy atom. The van der Waals surface area contributed by atoms with Crippen LogP contribution in [-0.2, 0) is 9.59 Å². The molecule has 0 bridgehead atoms. The van der Waals surface area contributed by atoms with E-state index in [1.807, 2.05) is 0 Å². The normalized spacial score (nSPS) is 11.6. The molecule has 0 unspecified atom stereocenters. The fourth-order valence-electron chi connectivity index (χ4n) is 1.51. The van der Waals surface area contributed by atoms with Crippen molar-refractivity contribution in [3.05, 3.63) is 0 Å². The first-order chi connectivity index (χ1) is 8.97. The summed E-state index contributed by atoms with van der Waals surface area (Å²) in [7, 11) is 0. The fraction of sp³-hybridized carbons (Fsp3) is 0.750. The number of nitrogens with two attached hydrogens (primary N) is 1. The lowest BCUT2D eigenvalue weighted by atomic mass is 10.1. The number of aliphatic carboxylic acids is 1. The standard InChI is InChI=1S/C12H23N3O4/c1-2-3-4-5-8-14-12(19)15-9(11(17)18)6-7-10(13)16/h9H,2-8H2,1H3,(H2,13,16)(H,17,18)(H2,14,15,19)/t9-/m1/s1. The van der Waals surface area contributed by atoms with E-state index in [1.54, 1.807) is 0 Å². The zero-order valence-electron chi connectivity index (χ0n) is 11.3. The Balaban J connectivity index is 3.90. The second-order valence-corrected chi connectivity index (χ2v) is 4.36. The van der Waals surface area contributed by atoms with Gasteiger partial charge in [0.1, 0.15) is 6.04 Å². The summed E-state index contributed by atoms with van der Waals surface area (Å²) in [5.41, 5.74) is 4.94. The van der Waals surface area contributed by atoms with E-state index in [0.717, 1.165) is 25.7 Å². The first kappa shape index (κ1) is 17.2. The predicted octanol–water partition coefficient (Wildman–Crippen LogP) is 0.585. The second-order valence-electron chi connectivity index (χ2n) is 4.36. The maximum absolute atomic E-state index is 11.4. The number of urea groups is 1. The highest BCUT2D eigenvalue weighted by Crippen LogP contribution is 1.98. The topological polar surface area (TPSA) is 122 Å². The summed E-state index contributed by atoms with van der Waals surface area (Å²) in [6.07, 6.45) is 4.03. The minimum absolute atomic E-state index is 0.00603. The van der Waals surface area contributed by atoms with Crippen LogP contribution in [0.15, 0.2) is 0 Å². The van der Waals surface area contributed by atoms with Crippen molar-refractivity contribution >= 4 is 17.9 Å². The van der Waals surface area contributed by atoms with Gasteiger partial charge in [-0.2, -0.15) is 0 Å². The molecule has 19 heavy (non-hydrogen) atoms. The lowest BCUT2D eigenvalue weighted by Gasteiger charge is -2.14. The number of hydrogen-bond donors (Lipinski definition) is 4. The van der Waals surface area contributed by atoms with Crippen molar-refractivity contribution in [1.82, 2.24) is 10.6 Å². The number of nitrogens with one attached hydrogen (secondary N) is 2. The molecule has 0 heterocycles. The van der Waals surface area contributed by atoms with Crippen molar-refractivity contribution in [3.63, 3.8) is 0 Å². The van der Waals surface area contributed by atoms with Crippen molar-refractivity contribution < 1.29 is 19.5 Å². The summed E-state index contributed by atoms with van der Waals surface area (Å²) < 4.78 is 0. The molecule has 0 rings (SSSR count). The highest BCUT2D eigenvalue weighted by molar-refractivity contribution is 5.83. The molecule has 0 spiro atoms. The summed E-state index contributed by atoms with van der Waals surface area (Å²) in [5, 5.41) is 13.8. The average molecular weight is 273 g/mol. The maximum Gasteiger partial charge on any atom is 0.326 e. The second kappa shape index (κ2) is 10.2. The maximum atomic E-state index is 11.4. The molecule has 0 radical (unpaired) electrons. The van der Waals surface area contributed by atoms with Gasteiger partial charge in [-0.3, -0.25) is 4.79 Å². The van der Waals surface area contributed by atoms with E-state index in [9.17, 15) is 14.4 Å². The number of carboxylic acids is 1. The van der Waals surface area contributed by atoms with Crippen LogP contribution in [0.2, 0.25) is 0 Å². The van der Waals surface area contributed by atoms with Crippen LogP contribution < -0.4 is 16.4 Å². The molecule has 0 aliphatic heterocycles. The van der Waals surface area contributed by atoms with Gasteiger partial charge in [0, 0.05) is 13.0 Å². The van der Waals surface area contributed by atoms with Crippen molar-refractivity contribution in [1.29, 1.82) is 0 Å². The number of amides is 3. The third kappa shape index (κ3) is 9.87. The molecule has 7 heteroatoms. The monoisotopic (exact) mass is 273 g/mol. The Morgan fingerprint density at radius 3 is 2.42 bits per heavy atom. The lowest BCUT2D eigenvalue weighted by molar-refractivity contribution is -0.139. The van der Waals surface area contributed by atoms with Crippen molar-refractivity contribution in [3.8, 4) is 0 Å². The van der Waals surface area contributed by atoms with Crippen LogP contribution in [0.25, 0.3) is 0 Å². The third-order valence-corrected chi connectivity index (χ3v) is 2.60. The molecule has 0 aliphatic carbocycles. The molecule has 0 saturated carbocycles. The minimum atomic E-state index is -1.18. The van der Waals surface area contributed by atoms with Crippen molar-refractivity contribution in [2.24, 2.45) is 5.73 Å². The Kier molecular flexibility index (Phi) is 9.20. The van der Waals surface area contributed by atoms with Gasteiger partial charge in [-0.1, -0.05) is 26.2 Å². The minimum Gasteiger partial charge on any atom is -0.480 e. The van der Waals surface area contributed by atoms with Gasteiger partial charge in [0.15, 0.2) is 0 Å². The van der Waals surface area contributed by atoms with Crippen LogP contribution in [0, 0.1) is 0 Å². The van der Waals surface area contributed by atoms with Crippen LogP contribution in [-0.4, -0.2) is 35.6 Å². The number of primary amides is 1. The molecule has 0 fully saturated rings. The largest absolute Gasteiger partial charge is 0.480 e. The first-order valence-electron chi connectivity index (χ1n) is 6.52. The van der Waals surface area contributed by atoms with E-state index in [-0.39, 0.29) is 12.8 Å². The number of carbonyl (C=O) groups excluding carboxylic acids is 2. The summed E-state index contributed by atoms with van der Waals surface area (Å²) in [4.78, 5) is 32.9. The number of unbranched alkanes of at least 4 members (excludes halogenated alkanes) is 3. The molecule has 0 aromatic rings. The van der Waals surface area contributed by atoms with Crippen LogP contribution in [0.3, 0.4) is 0 Å². The Hall–Kier alpha value is -1.79. The molecule has 7 nitrogen and oxygen atoms in total. The smallest absolute Gasteiger partial charge is 0.326 e. The van der Waals surface area contributed by atoms with E-state index in [0.29, 0.717) is 6.54 Å². The molecular weight excluding hydrogens is 250 g/mol. The number of carbonyl (C=O) groups is 3. The van der Waals surface area contributed by atoms with Gasteiger partial charge in [0.05, 0.1) is 0 Å². The van der Waals surface area contributed by atoms with Gasteiger partial charge in [0.2, 0.25) is 5.91 Å². The van der Waals surface area contributed by atoms with E-state index >= 15 is 0 Å². The Morgan fingerprint density at radius 1 is 1.21 bits per heavy atom. The summed E-state index contributed by atoms with van der Waals surface area (Å²) in [5.74, 6) is -1.77. The van der Waals surface area contributed by atoms with E-state index in [1.165, 1.54) is 0 Å². The number of hydrogen-bond acceptors (Lipinski definition) is 3. The van der Waals surface area contributed by atoms with Crippen LogP contribution >= 0.6 is 0 Å². The molecule has 1 atom stereocenters. The van der Waals surface area contributed by atoms with Gasteiger partial charge < -0.3 is 21.5 Å². The van der Waals surface area contributed by atoms with Crippen LogP contribution in [0.1, 0.15) is 45.4 Å². The predicted molar refractivity (Wildman–Crippen MR) is 70.5 cm³/mol. The zero-order valence-corrected chi connectivity index (χ0v) is 11.3. The first-order valence-corrected chi connectivity index (χ1v) is 6.52. The highest BCUT2D eigenvalue weighted by atomic mass is 16.4. The van der Waals surface area contributed by atoms with Gasteiger partial charge in [-0.05, 0) is 12.8 Å². The van der Waals surface area contributed by atoms with Crippen LogP contribution in [0.4, 0.5) is 4.79 Å². The van der Waals surface area contributed by atoms with Crippen molar-refractivity contribution in [2.45, 2.75) is 51.5 Å². The van der Waals surface area contributed by atoms with E-state index in [4.69, 9.17) is 10.8 Å². The summed E-state index contributed by atoms with van der Waals surface area (Å²) >= 11 is 0. The fourth-order valence-corrected chi connectivity index (χ4v) is 1.51. The summed E-state index contributed by atoms with van der Waals surface area (Å²) in [6.45, 7) is 2.60. The molecule has 5 N–H and O–H groups in total. The lowest BCUT2D eigenvalue weighted by Crippen LogP contribution is -2.46. The molecule has 0 saturated heterocycles. The van der Waals surface area contributed by atoms with E-state index in [2.05, 4.69) is 17.6 Å². The molecule has 0 aliphatic rings. The molecule has 3 amide bonds. The van der Waals surface area contributed by atoms with E-state index < -0.39 is 23.9 Å².